The van der Waals surface area contributed by atoms with E-state index in [0.29, 0.717) is 0 Å². The van der Waals surface area contributed by atoms with E-state index in [1.165, 1.54) is 18.2 Å². The molecule has 0 radical (unpaired) electrons. The van der Waals surface area contributed by atoms with Crippen LogP contribution in [0, 0.1) is 11.8 Å². The van der Waals surface area contributed by atoms with E-state index in [1.807, 2.05) is 0 Å². The molecule has 14 heavy (non-hydrogen) atoms. The minimum Gasteiger partial charge on any atom is -0.478 e. The number of ether oxygens (including phenoxy) is 1. The molecule has 2 aliphatic rings. The quantitative estimate of drug-likeness (QED) is 0.465. The molecule has 1 aliphatic carbocycles. The second-order valence-electron chi connectivity index (χ2n) is 3.08. The molecule has 2 atom stereocenters. The van der Waals surface area contributed by atoms with Crippen LogP contribution < -0.4 is 0 Å². The minimum absolute atomic E-state index is 0.0119. The molecule has 0 saturated carbocycles. The van der Waals surface area contributed by atoms with Crippen LogP contribution in [0.4, 0.5) is 0 Å². The lowest BCUT2D eigenvalue weighted by Gasteiger charge is -2.10. The molecule has 1 aliphatic heterocycles. The van der Waals surface area contributed by atoms with Crippen LogP contribution in [0.5, 0.6) is 0 Å². The van der Waals surface area contributed by atoms with Gasteiger partial charge in [-0.3, -0.25) is 9.59 Å². The Morgan fingerprint density at radius 2 is 1.93 bits per heavy atom. The van der Waals surface area contributed by atoms with Crippen molar-refractivity contribution in [3.8, 4) is 0 Å². The van der Waals surface area contributed by atoms with E-state index in [9.17, 15) is 14.4 Å². The summed E-state index contributed by atoms with van der Waals surface area (Å²) >= 11 is 0. The van der Waals surface area contributed by atoms with Gasteiger partial charge in [0.15, 0.2) is 0 Å². The first kappa shape index (κ1) is 8.68. The highest BCUT2D eigenvalue weighted by Gasteiger charge is 2.43. The van der Waals surface area contributed by atoms with E-state index in [2.05, 4.69) is 4.74 Å². The highest BCUT2D eigenvalue weighted by Crippen LogP contribution is 2.30. The summed E-state index contributed by atoms with van der Waals surface area (Å²) < 4.78 is 4.37. The van der Waals surface area contributed by atoms with Crippen LogP contribution in [0.15, 0.2) is 23.8 Å². The van der Waals surface area contributed by atoms with Crippen molar-refractivity contribution >= 4 is 17.9 Å². The lowest BCUT2D eigenvalue weighted by Crippen LogP contribution is -2.18. The molecule has 0 aromatic rings. The smallest absolute Gasteiger partial charge is 0.335 e. The van der Waals surface area contributed by atoms with Crippen LogP contribution in [-0.2, 0) is 19.1 Å². The van der Waals surface area contributed by atoms with E-state index in [4.69, 9.17) is 5.11 Å². The second-order valence-corrected chi connectivity index (χ2v) is 3.08. The third-order valence-corrected chi connectivity index (χ3v) is 2.22. The number of carbonyl (C=O) groups is 3. The summed E-state index contributed by atoms with van der Waals surface area (Å²) in [5.74, 6) is -3.82. The van der Waals surface area contributed by atoms with Crippen molar-refractivity contribution in [2.24, 2.45) is 11.8 Å². The first-order valence-corrected chi connectivity index (χ1v) is 3.98. The predicted molar refractivity (Wildman–Crippen MR) is 42.9 cm³/mol. The molecule has 0 amide bonds. The van der Waals surface area contributed by atoms with Crippen LogP contribution in [-0.4, -0.2) is 23.0 Å². The van der Waals surface area contributed by atoms with E-state index >= 15 is 0 Å². The summed E-state index contributed by atoms with van der Waals surface area (Å²) in [6, 6.07) is 0. The molecule has 0 bridgehead atoms. The number of hydrogen-bond acceptors (Lipinski definition) is 4. The van der Waals surface area contributed by atoms with E-state index in [1.54, 1.807) is 0 Å². The Hall–Kier alpha value is -1.91. The van der Waals surface area contributed by atoms with Crippen LogP contribution in [0.2, 0.25) is 0 Å². The molecule has 0 aromatic carbocycles. The summed E-state index contributed by atoms with van der Waals surface area (Å²) in [7, 11) is 0. The maximum absolute atomic E-state index is 11.1. The monoisotopic (exact) mass is 194 g/mol. The third kappa shape index (κ3) is 1.14. The van der Waals surface area contributed by atoms with Crippen molar-refractivity contribution in [2.75, 3.05) is 0 Å². The molecule has 1 fully saturated rings. The first-order chi connectivity index (χ1) is 6.59. The zero-order chi connectivity index (χ0) is 10.3. The number of rotatable bonds is 1. The Labute approximate surface area is 78.7 Å². The Balaban J connectivity index is 2.35. The Kier molecular flexibility index (Phi) is 1.73. The molecule has 72 valence electrons. The molecule has 1 heterocycles. The van der Waals surface area contributed by atoms with Gasteiger partial charge in [-0.25, -0.2) is 4.79 Å². The Bertz CT molecular complexity index is 390. The molecule has 0 spiro atoms. The number of aliphatic carboxylic acids is 1. The minimum atomic E-state index is -1.12. The number of hydrogen-bond donors (Lipinski definition) is 1. The van der Waals surface area contributed by atoms with Gasteiger partial charge in [-0.05, 0) is 0 Å². The van der Waals surface area contributed by atoms with Crippen molar-refractivity contribution < 1.29 is 24.2 Å². The predicted octanol–water partition coefficient (Wildman–Crippen LogP) is -0.117. The van der Waals surface area contributed by atoms with Crippen LogP contribution in [0.1, 0.15) is 0 Å². The van der Waals surface area contributed by atoms with Gasteiger partial charge in [-0.1, -0.05) is 18.2 Å². The lowest BCUT2D eigenvalue weighted by atomic mass is 9.88. The van der Waals surface area contributed by atoms with Gasteiger partial charge in [-0.2, -0.15) is 0 Å². The second kappa shape index (κ2) is 2.80. The average molecular weight is 194 g/mol. The summed E-state index contributed by atoms with van der Waals surface area (Å²) in [6.45, 7) is 0. The number of carboxylic acid groups (broad SMARTS) is 1. The molecular weight excluding hydrogens is 188 g/mol. The van der Waals surface area contributed by atoms with Gasteiger partial charge in [0.05, 0.1) is 17.4 Å². The van der Waals surface area contributed by atoms with E-state index in [0.717, 1.165) is 0 Å². The van der Waals surface area contributed by atoms with Gasteiger partial charge < -0.3 is 9.84 Å². The third-order valence-electron chi connectivity index (χ3n) is 2.22. The Morgan fingerprint density at radius 3 is 2.57 bits per heavy atom. The molecule has 1 saturated heterocycles. The topological polar surface area (TPSA) is 80.7 Å². The summed E-state index contributed by atoms with van der Waals surface area (Å²) in [6.07, 6.45) is 3.95. The van der Waals surface area contributed by atoms with Gasteiger partial charge in [0.25, 0.3) is 0 Å². The average Bonchev–Trinajstić information content (AvgIpc) is 2.42. The normalized spacial score (nSPS) is 29.6. The number of cyclic esters (lactones) is 2. The Morgan fingerprint density at radius 1 is 1.29 bits per heavy atom. The van der Waals surface area contributed by atoms with Gasteiger partial charge in [-0.15, -0.1) is 0 Å². The summed E-state index contributed by atoms with van der Waals surface area (Å²) in [4.78, 5) is 32.7. The largest absolute Gasteiger partial charge is 0.478 e. The van der Waals surface area contributed by atoms with E-state index < -0.39 is 29.7 Å². The fourth-order valence-corrected chi connectivity index (χ4v) is 1.50. The standard InChI is InChI=1S/C9H6O5/c10-7(11)4-1-2-5-6(3-4)9(13)14-8(5)12/h1-3,5-6H,(H,10,11). The fourth-order valence-electron chi connectivity index (χ4n) is 1.50. The van der Waals surface area contributed by atoms with Gasteiger partial charge in [0.2, 0.25) is 0 Å². The van der Waals surface area contributed by atoms with Crippen LogP contribution in [0.25, 0.3) is 0 Å². The van der Waals surface area contributed by atoms with Crippen molar-refractivity contribution in [3.05, 3.63) is 23.8 Å². The number of esters is 2. The maximum Gasteiger partial charge on any atom is 0.335 e. The van der Waals surface area contributed by atoms with Crippen molar-refractivity contribution in [2.45, 2.75) is 0 Å². The zero-order valence-electron chi connectivity index (χ0n) is 6.97. The SMILES string of the molecule is O=C(O)C1=CC2C(=O)OC(=O)C2C=C1. The highest BCUT2D eigenvalue weighted by molar-refractivity contribution is 6.01. The van der Waals surface area contributed by atoms with Crippen molar-refractivity contribution in [3.63, 3.8) is 0 Å². The zero-order valence-corrected chi connectivity index (χ0v) is 6.97. The number of carbonyl (C=O) groups excluding carboxylic acids is 2. The first-order valence-electron chi connectivity index (χ1n) is 3.98. The molecular formula is C9H6O5. The fraction of sp³-hybridized carbons (Fsp3) is 0.222. The molecule has 0 aromatic heterocycles. The summed E-state index contributed by atoms with van der Waals surface area (Å²) in [5.41, 5.74) is 0.0119. The van der Waals surface area contributed by atoms with Crippen molar-refractivity contribution in [1.29, 1.82) is 0 Å². The van der Waals surface area contributed by atoms with Crippen molar-refractivity contribution in [1.82, 2.24) is 0 Å². The summed E-state index contributed by atoms with van der Waals surface area (Å²) in [5, 5.41) is 8.65. The highest BCUT2D eigenvalue weighted by atomic mass is 16.6. The van der Waals surface area contributed by atoms with Crippen LogP contribution >= 0.6 is 0 Å². The van der Waals surface area contributed by atoms with Gasteiger partial charge in [0, 0.05) is 0 Å². The molecule has 5 heteroatoms. The molecule has 1 N–H and O–H groups in total. The van der Waals surface area contributed by atoms with Crippen LogP contribution in [0.3, 0.4) is 0 Å². The maximum atomic E-state index is 11.1. The molecule has 5 nitrogen and oxygen atoms in total. The van der Waals surface area contributed by atoms with Gasteiger partial charge >= 0.3 is 17.9 Å². The number of fused-ring (bicyclic) bond motifs is 1. The lowest BCUT2D eigenvalue weighted by molar-refractivity contribution is -0.153. The number of carboxylic acids is 1. The van der Waals surface area contributed by atoms with E-state index in [-0.39, 0.29) is 5.57 Å². The van der Waals surface area contributed by atoms with Gasteiger partial charge in [0.1, 0.15) is 0 Å². The molecule has 2 unspecified atom stereocenters. The molecule has 2 rings (SSSR count).